The van der Waals surface area contributed by atoms with E-state index >= 15 is 0 Å². The lowest BCUT2D eigenvalue weighted by Gasteiger charge is -2.46. The Balaban J connectivity index is 1.06. The van der Waals surface area contributed by atoms with Crippen LogP contribution in [-0.2, 0) is 4.74 Å². The highest BCUT2D eigenvalue weighted by molar-refractivity contribution is 6.01. The van der Waals surface area contributed by atoms with Gasteiger partial charge in [-0.3, -0.25) is 19.8 Å². The van der Waals surface area contributed by atoms with Gasteiger partial charge < -0.3 is 14.8 Å². The van der Waals surface area contributed by atoms with E-state index in [0.29, 0.717) is 29.6 Å². The molecule has 3 aliphatic heterocycles. The Bertz CT molecular complexity index is 1530. The number of piperidine rings is 1. The number of rotatable bonds is 10. The standard InChI is InChI=1S/C35H41N5O3/c1-3-22(4-2)34(32-7-5-6-16-36-32)37-35(41)24-10-15-31-30(17-24)33(39-38-31)23-8-13-28(14-9-23)43-29-18-25-11-12-26(19-29)40(25)27-20-42-21-27/h5-10,13-17,22,25-27,29,34H,3-4,11-12,18-21H2,1-2H3,(H,37,41)(H,38,39). The maximum atomic E-state index is 13.5. The van der Waals surface area contributed by atoms with E-state index in [1.165, 1.54) is 12.8 Å². The molecular formula is C35H41N5O3. The fourth-order valence-electron chi connectivity index (χ4n) is 7.49. The normalized spacial score (nSPS) is 22.9. The maximum absolute atomic E-state index is 13.5. The van der Waals surface area contributed by atoms with Gasteiger partial charge in [-0.25, -0.2) is 0 Å². The van der Waals surface area contributed by atoms with E-state index in [1.54, 1.807) is 6.20 Å². The Kier molecular flexibility index (Phi) is 7.89. The molecule has 2 aromatic heterocycles. The molecule has 43 heavy (non-hydrogen) atoms. The van der Waals surface area contributed by atoms with Crippen LogP contribution in [0.15, 0.2) is 66.9 Å². The van der Waals surface area contributed by atoms with Crippen molar-refractivity contribution in [1.82, 2.24) is 25.4 Å². The highest BCUT2D eigenvalue weighted by Gasteiger charge is 2.46. The van der Waals surface area contributed by atoms with Gasteiger partial charge in [0.1, 0.15) is 11.9 Å². The smallest absolute Gasteiger partial charge is 0.251 e. The Hall–Kier alpha value is -3.75. The van der Waals surface area contributed by atoms with Crippen LogP contribution in [0.4, 0.5) is 0 Å². The van der Waals surface area contributed by atoms with Crippen LogP contribution in [-0.4, -0.2) is 63.4 Å². The van der Waals surface area contributed by atoms with E-state index < -0.39 is 0 Å². The summed E-state index contributed by atoms with van der Waals surface area (Å²) >= 11 is 0. The fourth-order valence-corrected chi connectivity index (χ4v) is 7.49. The van der Waals surface area contributed by atoms with Gasteiger partial charge in [0, 0.05) is 34.8 Å². The molecule has 3 unspecified atom stereocenters. The number of ether oxygens (including phenoxy) is 2. The number of aromatic amines is 1. The minimum absolute atomic E-state index is 0.106. The van der Waals surface area contributed by atoms with Crippen LogP contribution in [0.2, 0.25) is 0 Å². The molecule has 5 heterocycles. The molecule has 3 aliphatic rings. The van der Waals surface area contributed by atoms with Crippen LogP contribution in [0.3, 0.4) is 0 Å². The van der Waals surface area contributed by atoms with Crippen molar-refractivity contribution < 1.29 is 14.3 Å². The number of amides is 1. The van der Waals surface area contributed by atoms with Crippen molar-refractivity contribution in [2.45, 2.75) is 82.6 Å². The van der Waals surface area contributed by atoms with E-state index in [1.807, 2.05) is 48.5 Å². The molecule has 3 atom stereocenters. The number of carbonyl (C=O) groups is 1. The van der Waals surface area contributed by atoms with Gasteiger partial charge in [0.05, 0.1) is 42.2 Å². The maximum Gasteiger partial charge on any atom is 0.251 e. The number of fused-ring (bicyclic) bond motifs is 3. The zero-order valence-electron chi connectivity index (χ0n) is 25.0. The molecule has 8 heteroatoms. The van der Waals surface area contributed by atoms with Crippen molar-refractivity contribution in [3.63, 3.8) is 0 Å². The van der Waals surface area contributed by atoms with Crippen LogP contribution in [0.1, 0.15) is 74.5 Å². The SMILES string of the molecule is CCC(CC)C(NC(=O)c1ccc2[nH]nc(-c3ccc(OC4CC5CCC(C4)N5C4COC4)cc3)c2c1)c1ccccn1. The molecule has 2 N–H and O–H groups in total. The van der Waals surface area contributed by atoms with E-state index in [0.717, 1.165) is 72.5 Å². The minimum Gasteiger partial charge on any atom is -0.490 e. The number of pyridine rings is 1. The third-order valence-electron chi connectivity index (χ3n) is 9.86. The monoisotopic (exact) mass is 579 g/mol. The second-order valence-electron chi connectivity index (χ2n) is 12.4. The average molecular weight is 580 g/mol. The number of nitrogens with one attached hydrogen (secondary N) is 2. The Morgan fingerprint density at radius 1 is 1.02 bits per heavy atom. The van der Waals surface area contributed by atoms with Crippen molar-refractivity contribution in [3.05, 3.63) is 78.1 Å². The number of hydrogen-bond donors (Lipinski definition) is 2. The van der Waals surface area contributed by atoms with Crippen LogP contribution in [0, 0.1) is 5.92 Å². The van der Waals surface area contributed by atoms with E-state index in [9.17, 15) is 4.79 Å². The number of H-pyrrole nitrogens is 1. The molecule has 0 radical (unpaired) electrons. The predicted octanol–water partition coefficient (Wildman–Crippen LogP) is 6.31. The largest absolute Gasteiger partial charge is 0.490 e. The summed E-state index contributed by atoms with van der Waals surface area (Å²) in [4.78, 5) is 20.8. The molecule has 3 saturated heterocycles. The van der Waals surface area contributed by atoms with Crippen LogP contribution >= 0.6 is 0 Å². The van der Waals surface area contributed by atoms with Crippen LogP contribution < -0.4 is 10.1 Å². The Morgan fingerprint density at radius 2 is 1.79 bits per heavy atom. The van der Waals surface area contributed by atoms with Gasteiger partial charge in [-0.1, -0.05) is 32.8 Å². The summed E-state index contributed by atoms with van der Waals surface area (Å²) in [6.45, 7) is 6.10. The highest BCUT2D eigenvalue weighted by atomic mass is 16.5. The number of nitrogens with zero attached hydrogens (tertiary/aromatic N) is 3. The minimum atomic E-state index is -0.148. The van der Waals surface area contributed by atoms with Crippen molar-refractivity contribution >= 4 is 16.8 Å². The fraction of sp³-hybridized carbons (Fsp3) is 0.457. The number of carbonyl (C=O) groups excluding carboxylic acids is 1. The van der Waals surface area contributed by atoms with Gasteiger partial charge >= 0.3 is 0 Å². The molecule has 0 spiro atoms. The highest BCUT2D eigenvalue weighted by Crippen LogP contribution is 2.40. The molecule has 224 valence electrons. The molecule has 4 aromatic rings. The zero-order valence-corrected chi connectivity index (χ0v) is 25.0. The molecule has 1 amide bonds. The topological polar surface area (TPSA) is 92.4 Å². The number of hydrogen-bond acceptors (Lipinski definition) is 6. The molecule has 2 bridgehead atoms. The average Bonchev–Trinajstić information content (AvgIpc) is 3.54. The molecular weight excluding hydrogens is 538 g/mol. The molecule has 0 saturated carbocycles. The first-order chi connectivity index (χ1) is 21.1. The summed E-state index contributed by atoms with van der Waals surface area (Å²) in [7, 11) is 0. The zero-order chi connectivity index (χ0) is 29.3. The lowest BCUT2D eigenvalue weighted by Crippen LogP contribution is -2.57. The third-order valence-corrected chi connectivity index (χ3v) is 9.86. The molecule has 7 rings (SSSR count). The molecule has 0 aliphatic carbocycles. The van der Waals surface area contributed by atoms with Crippen molar-refractivity contribution in [2.75, 3.05) is 13.2 Å². The van der Waals surface area contributed by atoms with Crippen molar-refractivity contribution in [2.24, 2.45) is 5.92 Å². The van der Waals surface area contributed by atoms with E-state index in [-0.39, 0.29) is 18.1 Å². The summed E-state index contributed by atoms with van der Waals surface area (Å²) in [5.74, 6) is 1.09. The van der Waals surface area contributed by atoms with Gasteiger partial charge in [-0.05, 0) is 86.2 Å². The Morgan fingerprint density at radius 3 is 2.44 bits per heavy atom. The molecule has 2 aromatic carbocycles. The second kappa shape index (κ2) is 12.1. The van der Waals surface area contributed by atoms with Gasteiger partial charge in [0.15, 0.2) is 0 Å². The summed E-state index contributed by atoms with van der Waals surface area (Å²) in [6, 6.07) is 21.5. The summed E-state index contributed by atoms with van der Waals surface area (Å²) in [6.07, 6.45) is 8.67. The van der Waals surface area contributed by atoms with Crippen LogP contribution in [0.5, 0.6) is 5.75 Å². The van der Waals surface area contributed by atoms with Crippen molar-refractivity contribution in [3.8, 4) is 17.0 Å². The lowest BCUT2D eigenvalue weighted by molar-refractivity contribution is -0.102. The summed E-state index contributed by atoms with van der Waals surface area (Å²) < 4.78 is 12.0. The first kappa shape index (κ1) is 28.0. The van der Waals surface area contributed by atoms with Gasteiger partial charge in [-0.2, -0.15) is 5.10 Å². The first-order valence-corrected chi connectivity index (χ1v) is 15.9. The van der Waals surface area contributed by atoms with E-state index in [4.69, 9.17) is 9.47 Å². The number of benzene rings is 2. The quantitative estimate of drug-likeness (QED) is 0.229. The molecule has 3 fully saturated rings. The van der Waals surface area contributed by atoms with E-state index in [2.05, 4.69) is 51.4 Å². The predicted molar refractivity (Wildman–Crippen MR) is 167 cm³/mol. The summed E-state index contributed by atoms with van der Waals surface area (Å²) in [5.41, 5.74) is 4.21. The third kappa shape index (κ3) is 5.54. The second-order valence-corrected chi connectivity index (χ2v) is 12.4. The van der Waals surface area contributed by atoms with Gasteiger partial charge in [0.2, 0.25) is 0 Å². The first-order valence-electron chi connectivity index (χ1n) is 15.9. The molecule has 8 nitrogen and oxygen atoms in total. The summed E-state index contributed by atoms with van der Waals surface area (Å²) in [5, 5.41) is 12.0. The van der Waals surface area contributed by atoms with Gasteiger partial charge in [0.25, 0.3) is 5.91 Å². The van der Waals surface area contributed by atoms with Crippen LogP contribution in [0.25, 0.3) is 22.2 Å². The number of aromatic nitrogens is 3. The van der Waals surface area contributed by atoms with Gasteiger partial charge in [-0.15, -0.1) is 0 Å². The van der Waals surface area contributed by atoms with Crippen molar-refractivity contribution in [1.29, 1.82) is 0 Å². The Labute approximate surface area is 253 Å². The lowest BCUT2D eigenvalue weighted by atomic mass is 9.91.